The number of piperidine rings is 1. The van der Waals surface area contributed by atoms with Crippen LogP contribution in [-0.4, -0.2) is 46.1 Å². The van der Waals surface area contributed by atoms with Crippen molar-refractivity contribution in [3.05, 3.63) is 29.3 Å². The smallest absolute Gasteiger partial charge is 0.254 e. The predicted octanol–water partition coefficient (Wildman–Crippen LogP) is 0.830. The standard InChI is InChI=1S/C13H15N3O2S/c14-9-4-10(17)6-16(5-9)13(18)8-1-2-11-12(3-8)19-7-15-11/h1-3,7,9-10,17H,4-6,14H2/t9-,10+/m0/s1. The number of aliphatic hydroxyl groups excluding tert-OH is 1. The molecule has 3 rings (SSSR count). The van der Waals surface area contributed by atoms with Crippen molar-refractivity contribution in [1.29, 1.82) is 0 Å². The van der Waals surface area contributed by atoms with Crippen LogP contribution in [0.15, 0.2) is 23.7 Å². The molecule has 1 aromatic heterocycles. The molecule has 2 atom stereocenters. The number of aliphatic hydroxyl groups is 1. The third kappa shape index (κ3) is 2.47. The molecule has 5 nitrogen and oxygen atoms in total. The number of hydrogen-bond acceptors (Lipinski definition) is 5. The number of hydrogen-bond donors (Lipinski definition) is 2. The Morgan fingerprint density at radius 3 is 3.11 bits per heavy atom. The van der Waals surface area contributed by atoms with E-state index in [0.717, 1.165) is 10.2 Å². The van der Waals surface area contributed by atoms with E-state index in [0.29, 0.717) is 25.1 Å². The number of benzene rings is 1. The van der Waals surface area contributed by atoms with E-state index >= 15 is 0 Å². The van der Waals surface area contributed by atoms with E-state index in [1.807, 2.05) is 12.1 Å². The molecule has 1 aliphatic rings. The first-order chi connectivity index (χ1) is 9.13. The van der Waals surface area contributed by atoms with Crippen LogP contribution in [0.1, 0.15) is 16.8 Å². The molecule has 0 saturated carbocycles. The summed E-state index contributed by atoms with van der Waals surface area (Å²) in [5.74, 6) is -0.0792. The molecular weight excluding hydrogens is 262 g/mol. The Balaban J connectivity index is 1.86. The largest absolute Gasteiger partial charge is 0.391 e. The molecule has 1 saturated heterocycles. The molecule has 6 heteroatoms. The maximum Gasteiger partial charge on any atom is 0.254 e. The van der Waals surface area contributed by atoms with E-state index in [-0.39, 0.29) is 11.9 Å². The molecule has 3 N–H and O–H groups in total. The first-order valence-electron chi connectivity index (χ1n) is 6.19. The van der Waals surface area contributed by atoms with Gasteiger partial charge in [-0.05, 0) is 24.6 Å². The minimum absolute atomic E-state index is 0.0792. The summed E-state index contributed by atoms with van der Waals surface area (Å²) in [6.45, 7) is 0.851. The average molecular weight is 277 g/mol. The second-order valence-electron chi connectivity index (χ2n) is 4.89. The highest BCUT2D eigenvalue weighted by atomic mass is 32.1. The van der Waals surface area contributed by atoms with Gasteiger partial charge in [-0.15, -0.1) is 11.3 Å². The summed E-state index contributed by atoms with van der Waals surface area (Å²) in [5, 5.41) is 9.70. The normalized spacial score (nSPS) is 23.8. The van der Waals surface area contributed by atoms with Gasteiger partial charge in [0.2, 0.25) is 0 Å². The van der Waals surface area contributed by atoms with Gasteiger partial charge in [-0.25, -0.2) is 4.98 Å². The van der Waals surface area contributed by atoms with Gasteiger partial charge in [-0.3, -0.25) is 4.79 Å². The second-order valence-corrected chi connectivity index (χ2v) is 5.78. The van der Waals surface area contributed by atoms with Crippen LogP contribution in [0.2, 0.25) is 0 Å². The van der Waals surface area contributed by atoms with Gasteiger partial charge < -0.3 is 15.7 Å². The number of carbonyl (C=O) groups excluding carboxylic acids is 1. The van der Waals surface area contributed by atoms with Crippen molar-refractivity contribution in [1.82, 2.24) is 9.88 Å². The van der Waals surface area contributed by atoms with E-state index in [9.17, 15) is 9.90 Å². The van der Waals surface area contributed by atoms with Crippen molar-refractivity contribution >= 4 is 27.5 Å². The van der Waals surface area contributed by atoms with Crippen LogP contribution in [0.3, 0.4) is 0 Å². The Bertz CT molecular complexity index is 603. The summed E-state index contributed by atoms with van der Waals surface area (Å²) in [7, 11) is 0. The molecule has 2 heterocycles. The van der Waals surface area contributed by atoms with E-state index < -0.39 is 6.10 Å². The number of rotatable bonds is 1. The van der Waals surface area contributed by atoms with Crippen LogP contribution in [0, 0.1) is 0 Å². The van der Waals surface area contributed by atoms with Crippen LogP contribution < -0.4 is 5.73 Å². The van der Waals surface area contributed by atoms with Crippen molar-refractivity contribution in [2.75, 3.05) is 13.1 Å². The van der Waals surface area contributed by atoms with Gasteiger partial charge in [0.25, 0.3) is 5.91 Å². The molecule has 0 spiro atoms. The SMILES string of the molecule is N[C@H]1C[C@@H](O)CN(C(=O)c2ccc3ncsc3c2)C1. The maximum atomic E-state index is 12.4. The Morgan fingerprint density at radius 2 is 2.32 bits per heavy atom. The molecule has 1 aromatic carbocycles. The van der Waals surface area contributed by atoms with E-state index in [4.69, 9.17) is 5.73 Å². The van der Waals surface area contributed by atoms with Crippen LogP contribution in [-0.2, 0) is 0 Å². The Kier molecular flexibility index (Phi) is 3.22. The van der Waals surface area contributed by atoms with Crippen molar-refractivity contribution < 1.29 is 9.90 Å². The van der Waals surface area contributed by atoms with Crippen molar-refractivity contribution in [3.8, 4) is 0 Å². The van der Waals surface area contributed by atoms with Gasteiger partial charge in [0.05, 0.1) is 21.8 Å². The first kappa shape index (κ1) is 12.5. The summed E-state index contributed by atoms with van der Waals surface area (Å²) < 4.78 is 0.993. The molecule has 100 valence electrons. The van der Waals surface area contributed by atoms with Crippen LogP contribution >= 0.6 is 11.3 Å². The van der Waals surface area contributed by atoms with Gasteiger partial charge >= 0.3 is 0 Å². The Labute approximate surface area is 114 Å². The maximum absolute atomic E-state index is 12.4. The summed E-state index contributed by atoms with van der Waals surface area (Å²) in [4.78, 5) is 18.2. The van der Waals surface area contributed by atoms with Crippen LogP contribution in [0.4, 0.5) is 0 Å². The van der Waals surface area contributed by atoms with Crippen molar-refractivity contribution in [2.24, 2.45) is 5.73 Å². The van der Waals surface area contributed by atoms with Gasteiger partial charge in [0.1, 0.15) is 0 Å². The topological polar surface area (TPSA) is 79.5 Å². The molecule has 19 heavy (non-hydrogen) atoms. The number of aromatic nitrogens is 1. The van der Waals surface area contributed by atoms with E-state index in [1.165, 1.54) is 11.3 Å². The Morgan fingerprint density at radius 1 is 1.47 bits per heavy atom. The lowest BCUT2D eigenvalue weighted by Gasteiger charge is -2.34. The average Bonchev–Trinajstić information content (AvgIpc) is 2.83. The third-order valence-corrected chi connectivity index (χ3v) is 4.12. The number of β-amino-alcohol motifs (C(OH)–C–C–N with tert-alkyl or cyclic N) is 1. The monoisotopic (exact) mass is 277 g/mol. The van der Waals surface area contributed by atoms with Gasteiger partial charge in [0, 0.05) is 24.7 Å². The predicted molar refractivity (Wildman–Crippen MR) is 74.1 cm³/mol. The lowest BCUT2D eigenvalue weighted by molar-refractivity contribution is 0.0424. The minimum Gasteiger partial charge on any atom is -0.391 e. The summed E-state index contributed by atoms with van der Waals surface area (Å²) >= 11 is 1.51. The lowest BCUT2D eigenvalue weighted by atomic mass is 10.0. The zero-order valence-electron chi connectivity index (χ0n) is 10.3. The van der Waals surface area contributed by atoms with E-state index in [1.54, 1.807) is 16.5 Å². The van der Waals surface area contributed by atoms with E-state index in [2.05, 4.69) is 4.98 Å². The highest BCUT2D eigenvalue weighted by Crippen LogP contribution is 2.21. The van der Waals surface area contributed by atoms with Gasteiger partial charge in [-0.1, -0.05) is 0 Å². The minimum atomic E-state index is -0.528. The highest BCUT2D eigenvalue weighted by molar-refractivity contribution is 7.16. The highest BCUT2D eigenvalue weighted by Gasteiger charge is 2.27. The van der Waals surface area contributed by atoms with Gasteiger partial charge in [0.15, 0.2) is 0 Å². The summed E-state index contributed by atoms with van der Waals surface area (Å²) in [6, 6.07) is 5.32. The Hall–Kier alpha value is -1.50. The van der Waals surface area contributed by atoms with Gasteiger partial charge in [-0.2, -0.15) is 0 Å². The molecule has 1 aliphatic heterocycles. The number of carbonyl (C=O) groups is 1. The molecule has 1 fully saturated rings. The summed E-state index contributed by atoms with van der Waals surface area (Å²) in [6.07, 6.45) is 0.0253. The summed E-state index contributed by atoms with van der Waals surface area (Å²) in [5.41, 5.74) is 9.13. The molecule has 1 amide bonds. The fraction of sp³-hybridized carbons (Fsp3) is 0.385. The zero-order valence-corrected chi connectivity index (χ0v) is 11.1. The third-order valence-electron chi connectivity index (χ3n) is 3.33. The fourth-order valence-corrected chi connectivity index (χ4v) is 3.16. The number of fused-ring (bicyclic) bond motifs is 1. The quantitative estimate of drug-likeness (QED) is 0.809. The number of nitrogens with zero attached hydrogens (tertiary/aromatic N) is 2. The molecule has 0 bridgehead atoms. The number of nitrogens with two attached hydrogens (primary N) is 1. The van der Waals surface area contributed by atoms with Crippen molar-refractivity contribution in [2.45, 2.75) is 18.6 Å². The first-order valence-corrected chi connectivity index (χ1v) is 7.07. The number of amides is 1. The number of thiazole rings is 1. The molecule has 0 aliphatic carbocycles. The molecular formula is C13H15N3O2S. The fourth-order valence-electron chi connectivity index (χ4n) is 2.45. The van der Waals surface area contributed by atoms with Crippen molar-refractivity contribution in [3.63, 3.8) is 0 Å². The molecule has 0 unspecified atom stereocenters. The van der Waals surface area contributed by atoms with Crippen LogP contribution in [0.5, 0.6) is 0 Å². The van der Waals surface area contributed by atoms with Crippen LogP contribution in [0.25, 0.3) is 10.2 Å². The zero-order chi connectivity index (χ0) is 13.4. The molecule has 0 radical (unpaired) electrons. The molecule has 2 aromatic rings. The lowest BCUT2D eigenvalue weighted by Crippen LogP contribution is -2.51. The number of likely N-dealkylation sites (tertiary alicyclic amines) is 1. The second kappa shape index (κ2) is 4.88.